The zero-order valence-corrected chi connectivity index (χ0v) is 17.4. The van der Waals surface area contributed by atoms with Crippen molar-refractivity contribution in [3.05, 3.63) is 48.2 Å². The van der Waals surface area contributed by atoms with Gasteiger partial charge in [0.15, 0.2) is 15.7 Å². The fraction of sp³-hybridized carbons (Fsp3) is 0.263. The van der Waals surface area contributed by atoms with Crippen LogP contribution in [-0.2, 0) is 16.0 Å². The summed E-state index contributed by atoms with van der Waals surface area (Å²) in [4.78, 5) is 16.3. The van der Waals surface area contributed by atoms with Gasteiger partial charge in [-0.25, -0.2) is 13.4 Å². The third-order valence-electron chi connectivity index (χ3n) is 3.96. The maximum Gasteiger partial charge on any atom is 0.433 e. The molecule has 3 rings (SSSR count). The van der Waals surface area contributed by atoms with Gasteiger partial charge in [0.25, 0.3) is 0 Å². The maximum atomic E-state index is 13.0. The lowest BCUT2D eigenvalue weighted by molar-refractivity contribution is -0.141. The summed E-state index contributed by atoms with van der Waals surface area (Å²) in [5.41, 5.74) is -0.757. The largest absolute Gasteiger partial charge is 0.433 e. The number of rotatable bonds is 7. The molecule has 3 aromatic rings. The van der Waals surface area contributed by atoms with E-state index in [9.17, 15) is 21.6 Å². The smallest absolute Gasteiger partial charge is 0.354 e. The van der Waals surface area contributed by atoms with Crippen molar-refractivity contribution in [3.8, 4) is 11.5 Å². The number of halogens is 3. The second-order valence-corrected chi connectivity index (χ2v) is 8.58. The zero-order chi connectivity index (χ0) is 22.6. The average Bonchev–Trinajstić information content (AvgIpc) is 2.71. The number of alkyl halides is 3. The summed E-state index contributed by atoms with van der Waals surface area (Å²) in [7, 11) is -3.43. The summed E-state index contributed by atoms with van der Waals surface area (Å²) in [5, 5.41) is 5.83. The van der Waals surface area contributed by atoms with E-state index in [1.54, 1.807) is 12.1 Å². The van der Waals surface area contributed by atoms with Gasteiger partial charge in [0.2, 0.25) is 11.9 Å². The monoisotopic (exact) mass is 452 g/mol. The SMILES string of the molecule is CCCNc1nc(Nc2cccc(S(C)(=O)=O)c2)nc(-c2cccc(C(F)(F)F)n2)n1. The van der Waals surface area contributed by atoms with E-state index in [1.807, 2.05) is 6.92 Å². The van der Waals surface area contributed by atoms with Crippen LogP contribution in [0.5, 0.6) is 0 Å². The lowest BCUT2D eigenvalue weighted by Crippen LogP contribution is -2.11. The summed E-state index contributed by atoms with van der Waals surface area (Å²) in [6.07, 6.45) is -2.76. The van der Waals surface area contributed by atoms with Crippen LogP contribution < -0.4 is 10.6 Å². The number of sulfone groups is 1. The molecular formula is C19H19F3N6O2S. The zero-order valence-electron chi connectivity index (χ0n) is 16.6. The highest BCUT2D eigenvalue weighted by atomic mass is 32.2. The van der Waals surface area contributed by atoms with Crippen LogP contribution in [0.15, 0.2) is 47.4 Å². The molecule has 0 amide bonds. The highest BCUT2D eigenvalue weighted by Crippen LogP contribution is 2.29. The molecule has 0 saturated heterocycles. The number of benzene rings is 1. The third kappa shape index (κ3) is 5.87. The number of nitrogens with zero attached hydrogens (tertiary/aromatic N) is 4. The number of anilines is 3. The van der Waals surface area contributed by atoms with Crippen LogP contribution in [-0.4, -0.2) is 41.2 Å². The number of nitrogens with one attached hydrogen (secondary N) is 2. The predicted molar refractivity (Wildman–Crippen MR) is 110 cm³/mol. The van der Waals surface area contributed by atoms with Gasteiger partial charge in [-0.15, -0.1) is 0 Å². The van der Waals surface area contributed by atoms with Gasteiger partial charge in [0, 0.05) is 18.5 Å². The van der Waals surface area contributed by atoms with Crippen LogP contribution >= 0.6 is 0 Å². The van der Waals surface area contributed by atoms with Crippen molar-refractivity contribution >= 4 is 27.4 Å². The Kier molecular flexibility index (Phi) is 6.39. The van der Waals surface area contributed by atoms with Crippen LogP contribution in [0.2, 0.25) is 0 Å². The Morgan fingerprint density at radius 1 is 0.968 bits per heavy atom. The molecule has 2 heterocycles. The predicted octanol–water partition coefficient (Wildman–Crippen LogP) is 3.92. The molecule has 1 aromatic carbocycles. The Labute approximate surface area is 176 Å². The number of hydrogen-bond acceptors (Lipinski definition) is 8. The van der Waals surface area contributed by atoms with E-state index in [0.29, 0.717) is 12.2 Å². The van der Waals surface area contributed by atoms with Crippen LogP contribution in [0.1, 0.15) is 19.0 Å². The highest BCUT2D eigenvalue weighted by molar-refractivity contribution is 7.90. The number of hydrogen-bond donors (Lipinski definition) is 2. The van der Waals surface area contributed by atoms with Gasteiger partial charge in [-0.05, 0) is 36.8 Å². The second-order valence-electron chi connectivity index (χ2n) is 6.56. The van der Waals surface area contributed by atoms with E-state index in [0.717, 1.165) is 18.7 Å². The van der Waals surface area contributed by atoms with E-state index in [-0.39, 0.29) is 28.3 Å². The molecule has 0 aliphatic rings. The molecule has 12 heteroatoms. The van der Waals surface area contributed by atoms with E-state index in [4.69, 9.17) is 0 Å². The Morgan fingerprint density at radius 3 is 2.35 bits per heavy atom. The minimum Gasteiger partial charge on any atom is -0.354 e. The summed E-state index contributed by atoms with van der Waals surface area (Å²) in [6, 6.07) is 9.45. The number of aromatic nitrogens is 4. The van der Waals surface area contributed by atoms with E-state index < -0.39 is 21.7 Å². The van der Waals surface area contributed by atoms with Gasteiger partial charge in [0.1, 0.15) is 11.4 Å². The molecule has 0 radical (unpaired) electrons. The maximum absolute atomic E-state index is 13.0. The molecule has 0 aliphatic carbocycles. The summed E-state index contributed by atoms with van der Waals surface area (Å²) < 4.78 is 62.7. The lowest BCUT2D eigenvalue weighted by Gasteiger charge is -2.11. The Balaban J connectivity index is 2.02. The standard InChI is InChI=1S/C19H19F3N6O2S/c1-3-10-23-17-26-16(14-8-5-9-15(25-14)19(20,21)22)27-18(28-17)24-12-6-4-7-13(11-12)31(2,29)30/h4-9,11H,3,10H2,1-2H3,(H2,23,24,26,27,28). The Morgan fingerprint density at radius 2 is 1.68 bits per heavy atom. The molecular weight excluding hydrogens is 433 g/mol. The van der Waals surface area contributed by atoms with Gasteiger partial charge >= 0.3 is 6.18 Å². The van der Waals surface area contributed by atoms with Crippen molar-refractivity contribution in [1.82, 2.24) is 19.9 Å². The molecule has 2 N–H and O–H groups in total. The quantitative estimate of drug-likeness (QED) is 0.555. The Bertz CT molecular complexity index is 1190. The van der Waals surface area contributed by atoms with Crippen molar-refractivity contribution in [2.24, 2.45) is 0 Å². The molecule has 2 aromatic heterocycles. The first-order chi connectivity index (χ1) is 14.6. The molecule has 31 heavy (non-hydrogen) atoms. The molecule has 0 atom stereocenters. The molecule has 0 spiro atoms. The lowest BCUT2D eigenvalue weighted by atomic mass is 10.3. The minimum atomic E-state index is -4.61. The van der Waals surface area contributed by atoms with Crippen molar-refractivity contribution < 1.29 is 21.6 Å². The first-order valence-corrected chi connectivity index (χ1v) is 11.1. The van der Waals surface area contributed by atoms with Crippen LogP contribution in [0, 0.1) is 0 Å². The molecule has 0 fully saturated rings. The van der Waals surface area contributed by atoms with Crippen LogP contribution in [0.25, 0.3) is 11.5 Å². The van der Waals surface area contributed by atoms with Gasteiger partial charge in [-0.1, -0.05) is 19.1 Å². The Hall–Kier alpha value is -3.28. The van der Waals surface area contributed by atoms with Crippen molar-refractivity contribution in [2.75, 3.05) is 23.4 Å². The fourth-order valence-electron chi connectivity index (χ4n) is 2.51. The molecule has 0 unspecified atom stereocenters. The van der Waals surface area contributed by atoms with Gasteiger partial charge < -0.3 is 10.6 Å². The van der Waals surface area contributed by atoms with Gasteiger partial charge in [0.05, 0.1) is 4.90 Å². The highest BCUT2D eigenvalue weighted by Gasteiger charge is 2.32. The van der Waals surface area contributed by atoms with Gasteiger partial charge in [-0.2, -0.15) is 28.1 Å². The summed E-state index contributed by atoms with van der Waals surface area (Å²) in [5.74, 6) is 0.0998. The second kappa shape index (κ2) is 8.84. The van der Waals surface area contributed by atoms with Gasteiger partial charge in [-0.3, -0.25) is 0 Å². The normalized spacial score (nSPS) is 11.9. The van der Waals surface area contributed by atoms with E-state index >= 15 is 0 Å². The van der Waals surface area contributed by atoms with E-state index in [1.165, 1.54) is 24.3 Å². The fourth-order valence-corrected chi connectivity index (χ4v) is 3.18. The summed E-state index contributed by atoms with van der Waals surface area (Å²) in [6.45, 7) is 2.46. The molecule has 8 nitrogen and oxygen atoms in total. The average molecular weight is 452 g/mol. The van der Waals surface area contributed by atoms with Crippen LogP contribution in [0.4, 0.5) is 30.8 Å². The summed E-state index contributed by atoms with van der Waals surface area (Å²) >= 11 is 0. The third-order valence-corrected chi connectivity index (χ3v) is 5.07. The van der Waals surface area contributed by atoms with Crippen molar-refractivity contribution in [3.63, 3.8) is 0 Å². The molecule has 0 saturated carbocycles. The van der Waals surface area contributed by atoms with Crippen LogP contribution in [0.3, 0.4) is 0 Å². The first-order valence-electron chi connectivity index (χ1n) is 9.18. The first kappa shape index (κ1) is 22.4. The molecule has 0 aliphatic heterocycles. The topological polar surface area (TPSA) is 110 Å². The molecule has 0 bridgehead atoms. The minimum absolute atomic E-state index is 0.0217. The van der Waals surface area contributed by atoms with Crippen molar-refractivity contribution in [2.45, 2.75) is 24.4 Å². The van der Waals surface area contributed by atoms with E-state index in [2.05, 4.69) is 30.6 Å². The molecule has 164 valence electrons. The number of pyridine rings is 1. The van der Waals surface area contributed by atoms with Crippen molar-refractivity contribution in [1.29, 1.82) is 0 Å².